The van der Waals surface area contributed by atoms with E-state index in [4.69, 9.17) is 0 Å². The number of hydrogen-bond acceptors (Lipinski definition) is 7. The molecule has 0 radical (unpaired) electrons. The number of hydrogen-bond donors (Lipinski definition) is 0. The van der Waals surface area contributed by atoms with Crippen molar-refractivity contribution in [1.29, 1.82) is 0 Å². The van der Waals surface area contributed by atoms with Gasteiger partial charge in [0.1, 0.15) is 28.0 Å². The quantitative estimate of drug-likeness (QED) is 0.660. The lowest BCUT2D eigenvalue weighted by atomic mass is 10.3. The SMILES string of the molecule is Cc1nc(N2CCN(S(=O)(=O)c3ccc(C)s3)CC2)cc(-n2ccnc2)n1. The second-order valence-electron chi connectivity index (χ2n) is 6.36. The highest BCUT2D eigenvalue weighted by atomic mass is 32.2. The second-order valence-corrected chi connectivity index (χ2v) is 9.81. The summed E-state index contributed by atoms with van der Waals surface area (Å²) in [6, 6.07) is 5.43. The largest absolute Gasteiger partial charge is 0.354 e. The fraction of sp³-hybridized carbons (Fsp3) is 0.353. The number of sulfonamides is 1. The van der Waals surface area contributed by atoms with Gasteiger partial charge in [-0.05, 0) is 26.0 Å². The first kappa shape index (κ1) is 18.1. The molecule has 3 aromatic heterocycles. The van der Waals surface area contributed by atoms with Gasteiger partial charge in [0.15, 0.2) is 0 Å². The maximum Gasteiger partial charge on any atom is 0.252 e. The van der Waals surface area contributed by atoms with Crippen molar-refractivity contribution in [3.63, 3.8) is 0 Å². The average Bonchev–Trinajstić information content (AvgIpc) is 3.33. The van der Waals surface area contributed by atoms with Crippen LogP contribution < -0.4 is 4.90 Å². The van der Waals surface area contributed by atoms with Crippen LogP contribution in [0.25, 0.3) is 5.82 Å². The highest BCUT2D eigenvalue weighted by molar-refractivity contribution is 7.91. The zero-order chi connectivity index (χ0) is 19.0. The molecule has 0 atom stereocenters. The molecule has 0 aliphatic carbocycles. The molecule has 0 aromatic carbocycles. The van der Waals surface area contributed by atoms with Crippen LogP contribution in [0.5, 0.6) is 0 Å². The zero-order valence-corrected chi connectivity index (χ0v) is 16.7. The molecule has 0 N–H and O–H groups in total. The van der Waals surface area contributed by atoms with E-state index in [1.54, 1.807) is 22.9 Å². The van der Waals surface area contributed by atoms with Crippen molar-refractivity contribution < 1.29 is 8.42 Å². The topological polar surface area (TPSA) is 84.2 Å². The third kappa shape index (κ3) is 3.60. The molecular formula is C17H20N6O2S2. The molecule has 3 aromatic rings. The first-order chi connectivity index (χ1) is 12.9. The fourth-order valence-corrected chi connectivity index (χ4v) is 5.92. The molecule has 0 unspecified atom stereocenters. The van der Waals surface area contributed by atoms with E-state index in [0.717, 1.165) is 16.5 Å². The van der Waals surface area contributed by atoms with Gasteiger partial charge in [-0.2, -0.15) is 4.31 Å². The van der Waals surface area contributed by atoms with Crippen LogP contribution in [-0.4, -0.2) is 58.4 Å². The van der Waals surface area contributed by atoms with Gasteiger partial charge in [-0.25, -0.2) is 23.4 Å². The Bertz CT molecular complexity index is 1040. The van der Waals surface area contributed by atoms with E-state index in [1.165, 1.54) is 11.3 Å². The van der Waals surface area contributed by atoms with Crippen molar-refractivity contribution in [3.05, 3.63) is 47.6 Å². The molecule has 0 spiro atoms. The molecule has 0 saturated carbocycles. The smallest absolute Gasteiger partial charge is 0.252 e. The Morgan fingerprint density at radius 3 is 2.41 bits per heavy atom. The molecule has 27 heavy (non-hydrogen) atoms. The Balaban J connectivity index is 1.51. The zero-order valence-electron chi connectivity index (χ0n) is 15.1. The van der Waals surface area contributed by atoms with Gasteiger partial charge in [-0.1, -0.05) is 0 Å². The van der Waals surface area contributed by atoms with E-state index in [9.17, 15) is 8.42 Å². The van der Waals surface area contributed by atoms with E-state index in [-0.39, 0.29) is 0 Å². The summed E-state index contributed by atoms with van der Waals surface area (Å²) >= 11 is 1.32. The first-order valence-electron chi connectivity index (χ1n) is 8.59. The Morgan fingerprint density at radius 1 is 1.04 bits per heavy atom. The van der Waals surface area contributed by atoms with Crippen LogP contribution in [0.3, 0.4) is 0 Å². The Hall–Kier alpha value is -2.30. The minimum atomic E-state index is -3.42. The van der Waals surface area contributed by atoms with Gasteiger partial charge >= 0.3 is 0 Å². The summed E-state index contributed by atoms with van der Waals surface area (Å²) in [7, 11) is -3.42. The van der Waals surface area contributed by atoms with Gasteiger partial charge < -0.3 is 4.90 Å². The van der Waals surface area contributed by atoms with Gasteiger partial charge in [-0.15, -0.1) is 11.3 Å². The number of rotatable bonds is 4. The molecule has 142 valence electrons. The van der Waals surface area contributed by atoms with Crippen molar-refractivity contribution in [1.82, 2.24) is 23.8 Å². The Kier molecular flexibility index (Phi) is 4.70. The van der Waals surface area contributed by atoms with Gasteiger partial charge in [0.25, 0.3) is 10.0 Å². The number of nitrogens with zero attached hydrogens (tertiary/aromatic N) is 6. The maximum absolute atomic E-state index is 12.8. The van der Waals surface area contributed by atoms with Crippen molar-refractivity contribution in [2.75, 3.05) is 31.1 Å². The molecule has 0 amide bonds. The minimum absolute atomic E-state index is 0.411. The highest BCUT2D eigenvalue weighted by Gasteiger charge is 2.30. The third-order valence-corrected chi connectivity index (χ3v) is 7.82. The average molecular weight is 405 g/mol. The monoisotopic (exact) mass is 404 g/mol. The maximum atomic E-state index is 12.8. The van der Waals surface area contributed by atoms with Crippen molar-refractivity contribution in [2.24, 2.45) is 0 Å². The van der Waals surface area contributed by atoms with Crippen LogP contribution in [0.15, 0.2) is 41.1 Å². The molecular weight excluding hydrogens is 384 g/mol. The summed E-state index contributed by atoms with van der Waals surface area (Å²) in [4.78, 5) is 16.1. The van der Waals surface area contributed by atoms with Gasteiger partial charge in [-0.3, -0.25) is 4.57 Å². The summed E-state index contributed by atoms with van der Waals surface area (Å²) in [6.45, 7) is 5.80. The summed E-state index contributed by atoms with van der Waals surface area (Å²) < 4.78 is 29.4. The Morgan fingerprint density at radius 2 is 1.78 bits per heavy atom. The molecule has 10 heteroatoms. The minimum Gasteiger partial charge on any atom is -0.354 e. The lowest BCUT2D eigenvalue weighted by Gasteiger charge is -2.34. The molecule has 4 rings (SSSR count). The van der Waals surface area contributed by atoms with E-state index < -0.39 is 10.0 Å². The summed E-state index contributed by atoms with van der Waals surface area (Å²) in [5.74, 6) is 2.22. The van der Waals surface area contributed by atoms with Gasteiger partial charge in [0.2, 0.25) is 0 Å². The van der Waals surface area contributed by atoms with E-state index >= 15 is 0 Å². The number of piperazine rings is 1. The molecule has 8 nitrogen and oxygen atoms in total. The van der Waals surface area contributed by atoms with Crippen LogP contribution in [0.4, 0.5) is 5.82 Å². The highest BCUT2D eigenvalue weighted by Crippen LogP contribution is 2.26. The van der Waals surface area contributed by atoms with Crippen molar-refractivity contribution in [2.45, 2.75) is 18.1 Å². The lowest BCUT2D eigenvalue weighted by molar-refractivity contribution is 0.384. The second kappa shape index (κ2) is 7.02. The summed E-state index contributed by atoms with van der Waals surface area (Å²) in [5.41, 5.74) is 0. The van der Waals surface area contributed by atoms with E-state index in [1.807, 2.05) is 36.7 Å². The van der Waals surface area contributed by atoms with Crippen LogP contribution in [0, 0.1) is 13.8 Å². The number of anilines is 1. The van der Waals surface area contributed by atoms with Crippen LogP contribution in [0.2, 0.25) is 0 Å². The van der Waals surface area contributed by atoms with E-state index in [2.05, 4.69) is 19.9 Å². The standard InChI is InChI=1S/C17H20N6O2S2/c1-13-3-4-17(26-13)27(24,25)23-9-7-21(8-10-23)15-11-16(20-14(2)19-15)22-6-5-18-12-22/h3-6,11-12H,7-10H2,1-2H3. The lowest BCUT2D eigenvalue weighted by Crippen LogP contribution is -2.48. The predicted molar refractivity (Wildman–Crippen MR) is 104 cm³/mol. The Labute approximate surface area is 162 Å². The summed E-state index contributed by atoms with van der Waals surface area (Å²) in [6.07, 6.45) is 5.23. The molecule has 0 bridgehead atoms. The van der Waals surface area contributed by atoms with Crippen molar-refractivity contribution >= 4 is 27.2 Å². The normalized spacial score (nSPS) is 16.0. The van der Waals surface area contributed by atoms with Gasteiger partial charge in [0.05, 0.1) is 0 Å². The fourth-order valence-electron chi connectivity index (χ4n) is 3.06. The van der Waals surface area contributed by atoms with Crippen LogP contribution in [0.1, 0.15) is 10.7 Å². The molecule has 1 aliphatic rings. The van der Waals surface area contributed by atoms with E-state index in [0.29, 0.717) is 36.2 Å². The number of imidazole rings is 1. The number of aryl methyl sites for hydroxylation is 2. The number of aromatic nitrogens is 4. The summed E-state index contributed by atoms with van der Waals surface area (Å²) in [5, 5.41) is 0. The van der Waals surface area contributed by atoms with Crippen molar-refractivity contribution in [3.8, 4) is 5.82 Å². The first-order valence-corrected chi connectivity index (χ1v) is 10.8. The molecule has 4 heterocycles. The molecule has 1 saturated heterocycles. The van der Waals surface area contributed by atoms with Crippen LogP contribution >= 0.6 is 11.3 Å². The van der Waals surface area contributed by atoms with Crippen LogP contribution in [-0.2, 0) is 10.0 Å². The molecule has 1 aliphatic heterocycles. The van der Waals surface area contributed by atoms with Gasteiger partial charge in [0, 0.05) is 49.5 Å². The predicted octanol–water partition coefficient (Wildman–Crippen LogP) is 1.85. The number of thiophene rings is 1. The third-order valence-electron chi connectivity index (χ3n) is 4.45. The molecule has 1 fully saturated rings.